The lowest BCUT2D eigenvalue weighted by atomic mass is 10.2. The van der Waals surface area contributed by atoms with Gasteiger partial charge in [-0.05, 0) is 31.2 Å². The maximum absolute atomic E-state index is 12.8. The highest BCUT2D eigenvalue weighted by atomic mass is 19.4. The number of hydrogen-bond donors (Lipinski definition) is 2. The first-order chi connectivity index (χ1) is 10.9. The Balaban J connectivity index is 1.97. The molecule has 1 unspecified atom stereocenters. The lowest BCUT2D eigenvalue weighted by Gasteiger charge is -2.18. The van der Waals surface area contributed by atoms with E-state index in [0.29, 0.717) is 5.75 Å². The van der Waals surface area contributed by atoms with Crippen molar-refractivity contribution in [3.05, 3.63) is 60.2 Å². The smallest absolute Gasteiger partial charge is 0.418 e. The zero-order valence-electron chi connectivity index (χ0n) is 12.2. The number of carbonyl (C=O) groups excluding carboxylic acids is 1. The van der Waals surface area contributed by atoms with E-state index in [9.17, 15) is 18.0 Å². The van der Waals surface area contributed by atoms with Crippen LogP contribution in [0.15, 0.2) is 54.6 Å². The van der Waals surface area contributed by atoms with E-state index in [1.165, 1.54) is 25.1 Å². The molecule has 0 spiro atoms. The standard InChI is InChI=1S/C16H15F3N2O2/c1-11(23-12-7-3-2-4-8-12)15(22)21-20-14-10-6-5-9-13(14)16(17,18)19/h2-11,20H,1H3,(H,21,22). The molecule has 2 aromatic rings. The maximum atomic E-state index is 12.8. The van der Waals surface area contributed by atoms with Gasteiger partial charge in [0.25, 0.3) is 5.91 Å². The summed E-state index contributed by atoms with van der Waals surface area (Å²) in [6.45, 7) is 1.50. The average Bonchev–Trinajstić information content (AvgIpc) is 2.53. The molecule has 0 saturated heterocycles. The second-order valence-corrected chi connectivity index (χ2v) is 4.73. The first-order valence-corrected chi connectivity index (χ1v) is 6.81. The van der Waals surface area contributed by atoms with Gasteiger partial charge in [0.2, 0.25) is 0 Å². The lowest BCUT2D eigenvalue weighted by Crippen LogP contribution is -2.40. The monoisotopic (exact) mass is 324 g/mol. The molecule has 122 valence electrons. The average molecular weight is 324 g/mol. The normalized spacial score (nSPS) is 12.3. The first-order valence-electron chi connectivity index (χ1n) is 6.81. The van der Waals surface area contributed by atoms with Crippen LogP contribution in [0.3, 0.4) is 0 Å². The van der Waals surface area contributed by atoms with Gasteiger partial charge in [-0.1, -0.05) is 30.3 Å². The minimum Gasteiger partial charge on any atom is -0.481 e. The van der Waals surface area contributed by atoms with Crippen molar-refractivity contribution in [2.75, 3.05) is 5.43 Å². The van der Waals surface area contributed by atoms with Crippen LogP contribution in [0.1, 0.15) is 12.5 Å². The zero-order chi connectivity index (χ0) is 16.9. The van der Waals surface area contributed by atoms with E-state index >= 15 is 0 Å². The SMILES string of the molecule is CC(Oc1ccccc1)C(=O)NNc1ccccc1C(F)(F)F. The first kappa shape index (κ1) is 16.7. The number of hydrazine groups is 1. The number of anilines is 1. The second kappa shape index (κ2) is 7.04. The Bertz CT molecular complexity index is 660. The van der Waals surface area contributed by atoms with Gasteiger partial charge in [-0.15, -0.1) is 0 Å². The summed E-state index contributed by atoms with van der Waals surface area (Å²) in [6.07, 6.45) is -5.39. The van der Waals surface area contributed by atoms with Crippen molar-refractivity contribution in [3.63, 3.8) is 0 Å². The van der Waals surface area contributed by atoms with E-state index in [-0.39, 0.29) is 5.69 Å². The molecule has 0 aliphatic heterocycles. The fourth-order valence-corrected chi connectivity index (χ4v) is 1.83. The largest absolute Gasteiger partial charge is 0.481 e. The van der Waals surface area contributed by atoms with Crippen molar-refractivity contribution in [3.8, 4) is 5.75 Å². The number of amides is 1. The third-order valence-corrected chi connectivity index (χ3v) is 2.98. The quantitative estimate of drug-likeness (QED) is 0.826. The van der Waals surface area contributed by atoms with Gasteiger partial charge in [0.05, 0.1) is 11.3 Å². The molecule has 1 amide bonds. The Morgan fingerprint density at radius 1 is 1.04 bits per heavy atom. The summed E-state index contributed by atoms with van der Waals surface area (Å²) in [5, 5.41) is 0. The van der Waals surface area contributed by atoms with Gasteiger partial charge >= 0.3 is 6.18 Å². The fourth-order valence-electron chi connectivity index (χ4n) is 1.83. The Hall–Kier alpha value is -2.70. The van der Waals surface area contributed by atoms with Crippen LogP contribution < -0.4 is 15.6 Å². The molecule has 0 bridgehead atoms. The highest BCUT2D eigenvalue weighted by Gasteiger charge is 2.33. The summed E-state index contributed by atoms with van der Waals surface area (Å²) in [5.41, 5.74) is 3.40. The van der Waals surface area contributed by atoms with Gasteiger partial charge in [0.1, 0.15) is 5.75 Å². The van der Waals surface area contributed by atoms with Gasteiger partial charge < -0.3 is 4.74 Å². The highest BCUT2D eigenvalue weighted by Crippen LogP contribution is 2.34. The molecule has 2 aromatic carbocycles. The molecule has 0 fully saturated rings. The molecule has 0 aliphatic rings. The molecule has 0 aromatic heterocycles. The van der Waals surface area contributed by atoms with Crippen LogP contribution in [0.5, 0.6) is 5.75 Å². The number of halogens is 3. The molecule has 4 nitrogen and oxygen atoms in total. The Kier molecular flexibility index (Phi) is 5.10. The number of rotatable bonds is 5. The van der Waals surface area contributed by atoms with Crippen molar-refractivity contribution >= 4 is 11.6 Å². The molecular weight excluding hydrogens is 309 g/mol. The molecular formula is C16H15F3N2O2. The molecule has 0 heterocycles. The van der Waals surface area contributed by atoms with Crippen molar-refractivity contribution in [2.45, 2.75) is 19.2 Å². The summed E-state index contributed by atoms with van der Waals surface area (Å²) >= 11 is 0. The molecule has 7 heteroatoms. The lowest BCUT2D eigenvalue weighted by molar-refractivity contribution is -0.137. The predicted octanol–water partition coefficient (Wildman–Crippen LogP) is 3.62. The Labute approximate surface area is 131 Å². The topological polar surface area (TPSA) is 50.4 Å². The molecule has 1 atom stereocenters. The van der Waals surface area contributed by atoms with Gasteiger partial charge in [-0.25, -0.2) is 0 Å². The predicted molar refractivity (Wildman–Crippen MR) is 79.7 cm³/mol. The summed E-state index contributed by atoms with van der Waals surface area (Å²) in [6, 6.07) is 13.5. The van der Waals surface area contributed by atoms with E-state index in [0.717, 1.165) is 6.07 Å². The number of ether oxygens (including phenoxy) is 1. The van der Waals surface area contributed by atoms with Crippen LogP contribution in [0.25, 0.3) is 0 Å². The van der Waals surface area contributed by atoms with Crippen LogP contribution >= 0.6 is 0 Å². The number of alkyl halides is 3. The summed E-state index contributed by atoms with van der Waals surface area (Å²) in [5.74, 6) is -0.100. The third kappa shape index (κ3) is 4.64. The van der Waals surface area contributed by atoms with Crippen LogP contribution in [0.2, 0.25) is 0 Å². The molecule has 0 saturated carbocycles. The highest BCUT2D eigenvalue weighted by molar-refractivity contribution is 5.82. The van der Waals surface area contributed by atoms with E-state index < -0.39 is 23.8 Å². The summed E-state index contributed by atoms with van der Waals surface area (Å²) in [4.78, 5) is 11.9. The van der Waals surface area contributed by atoms with Crippen molar-refractivity contribution < 1.29 is 22.7 Å². The number of nitrogens with one attached hydrogen (secondary N) is 2. The van der Waals surface area contributed by atoms with E-state index in [1.807, 2.05) is 0 Å². The zero-order valence-corrected chi connectivity index (χ0v) is 12.2. The molecule has 0 radical (unpaired) electrons. The molecule has 2 N–H and O–H groups in total. The van der Waals surface area contributed by atoms with E-state index in [4.69, 9.17) is 4.74 Å². The Morgan fingerprint density at radius 3 is 2.30 bits per heavy atom. The molecule has 2 rings (SSSR count). The van der Waals surface area contributed by atoms with Crippen LogP contribution in [0.4, 0.5) is 18.9 Å². The fraction of sp³-hybridized carbons (Fsp3) is 0.188. The number of carbonyl (C=O) groups is 1. The van der Waals surface area contributed by atoms with Crippen molar-refractivity contribution in [1.29, 1.82) is 0 Å². The Morgan fingerprint density at radius 2 is 1.65 bits per heavy atom. The maximum Gasteiger partial charge on any atom is 0.418 e. The van der Waals surface area contributed by atoms with Crippen LogP contribution in [0, 0.1) is 0 Å². The summed E-state index contributed by atoms with van der Waals surface area (Å²) < 4.78 is 43.9. The minimum atomic E-state index is -4.51. The third-order valence-electron chi connectivity index (χ3n) is 2.98. The van der Waals surface area contributed by atoms with Crippen molar-refractivity contribution in [1.82, 2.24) is 5.43 Å². The van der Waals surface area contributed by atoms with Gasteiger partial charge in [-0.3, -0.25) is 15.6 Å². The van der Waals surface area contributed by atoms with Gasteiger partial charge in [0.15, 0.2) is 6.10 Å². The van der Waals surface area contributed by atoms with Gasteiger partial charge in [0, 0.05) is 0 Å². The number of hydrogen-bond acceptors (Lipinski definition) is 3. The molecule has 23 heavy (non-hydrogen) atoms. The van der Waals surface area contributed by atoms with Gasteiger partial charge in [-0.2, -0.15) is 13.2 Å². The molecule has 0 aliphatic carbocycles. The van der Waals surface area contributed by atoms with Crippen molar-refractivity contribution in [2.24, 2.45) is 0 Å². The summed E-state index contributed by atoms with van der Waals surface area (Å²) in [7, 11) is 0. The minimum absolute atomic E-state index is 0.236. The second-order valence-electron chi connectivity index (χ2n) is 4.73. The van der Waals surface area contributed by atoms with E-state index in [1.54, 1.807) is 30.3 Å². The number of benzene rings is 2. The van der Waals surface area contributed by atoms with Crippen LogP contribution in [-0.2, 0) is 11.0 Å². The number of para-hydroxylation sites is 2. The van der Waals surface area contributed by atoms with Crippen LogP contribution in [-0.4, -0.2) is 12.0 Å². The van der Waals surface area contributed by atoms with E-state index in [2.05, 4.69) is 10.9 Å².